The highest BCUT2D eigenvalue weighted by molar-refractivity contribution is 7.89. The molecule has 0 radical (unpaired) electrons. The van der Waals surface area contributed by atoms with Crippen LogP contribution in [0.4, 0.5) is 11.5 Å². The van der Waals surface area contributed by atoms with E-state index in [1.54, 1.807) is 16.4 Å². The molecule has 1 saturated heterocycles. The first-order valence-corrected chi connectivity index (χ1v) is 9.71. The van der Waals surface area contributed by atoms with Crippen LogP contribution in [-0.4, -0.2) is 30.8 Å². The second-order valence-corrected chi connectivity index (χ2v) is 8.23. The van der Waals surface area contributed by atoms with E-state index < -0.39 is 10.0 Å². The highest BCUT2D eigenvalue weighted by Gasteiger charge is 2.26. The molecule has 2 heterocycles. The molecule has 5 nitrogen and oxygen atoms in total. The summed E-state index contributed by atoms with van der Waals surface area (Å²) in [5.41, 5.74) is 3.26. The third-order valence-electron chi connectivity index (χ3n) is 4.34. The van der Waals surface area contributed by atoms with Crippen LogP contribution in [0.2, 0.25) is 0 Å². The zero-order valence-corrected chi connectivity index (χ0v) is 14.9. The summed E-state index contributed by atoms with van der Waals surface area (Å²) >= 11 is 0. The maximum atomic E-state index is 12.6. The van der Waals surface area contributed by atoms with Gasteiger partial charge in [0.1, 0.15) is 10.7 Å². The van der Waals surface area contributed by atoms with E-state index in [9.17, 15) is 8.42 Å². The van der Waals surface area contributed by atoms with Crippen LogP contribution in [0.3, 0.4) is 0 Å². The van der Waals surface area contributed by atoms with E-state index in [4.69, 9.17) is 0 Å². The van der Waals surface area contributed by atoms with Crippen molar-refractivity contribution >= 4 is 21.5 Å². The first-order chi connectivity index (χ1) is 11.5. The average Bonchev–Trinajstić information content (AvgIpc) is 2.59. The Hall–Kier alpha value is -1.92. The predicted octanol–water partition coefficient (Wildman–Crippen LogP) is 3.62. The van der Waals surface area contributed by atoms with Gasteiger partial charge in [0.05, 0.1) is 0 Å². The highest BCUT2D eigenvalue weighted by Crippen LogP contribution is 2.23. The van der Waals surface area contributed by atoms with E-state index in [1.165, 1.54) is 6.20 Å². The SMILES string of the molecule is Cc1ccc(C)c(Nc2ccc(S(=O)(=O)N3CCCCC3)cn2)c1. The normalized spacial score (nSPS) is 16.1. The largest absolute Gasteiger partial charge is 0.340 e. The van der Waals surface area contributed by atoms with Gasteiger partial charge in [0.2, 0.25) is 10.0 Å². The van der Waals surface area contributed by atoms with E-state index in [-0.39, 0.29) is 4.90 Å². The molecule has 1 N–H and O–H groups in total. The van der Waals surface area contributed by atoms with Crippen molar-refractivity contribution in [1.29, 1.82) is 0 Å². The molecular formula is C18H23N3O2S. The molecule has 0 bridgehead atoms. The minimum absolute atomic E-state index is 0.260. The Labute approximate surface area is 143 Å². The number of anilines is 2. The van der Waals surface area contributed by atoms with Crippen LogP contribution in [0.25, 0.3) is 0 Å². The van der Waals surface area contributed by atoms with Gasteiger partial charge in [0.15, 0.2) is 0 Å². The van der Waals surface area contributed by atoms with E-state index in [0.717, 1.165) is 36.1 Å². The fourth-order valence-corrected chi connectivity index (χ4v) is 4.33. The molecule has 3 rings (SSSR count). The molecule has 0 spiro atoms. The number of sulfonamides is 1. The molecule has 1 fully saturated rings. The summed E-state index contributed by atoms with van der Waals surface area (Å²) < 4.78 is 26.8. The topological polar surface area (TPSA) is 62.3 Å². The van der Waals surface area contributed by atoms with Crippen LogP contribution >= 0.6 is 0 Å². The van der Waals surface area contributed by atoms with Crippen LogP contribution in [0, 0.1) is 13.8 Å². The predicted molar refractivity (Wildman–Crippen MR) is 96.0 cm³/mol. The monoisotopic (exact) mass is 345 g/mol. The number of hydrogen-bond donors (Lipinski definition) is 1. The number of benzene rings is 1. The van der Waals surface area contributed by atoms with E-state index in [0.29, 0.717) is 18.9 Å². The maximum absolute atomic E-state index is 12.6. The number of piperidine rings is 1. The number of hydrogen-bond acceptors (Lipinski definition) is 4. The Morgan fingerprint density at radius 2 is 1.79 bits per heavy atom. The lowest BCUT2D eigenvalue weighted by atomic mass is 10.1. The van der Waals surface area contributed by atoms with E-state index in [1.807, 2.05) is 19.9 Å². The second kappa shape index (κ2) is 6.91. The number of pyridine rings is 1. The van der Waals surface area contributed by atoms with Crippen LogP contribution < -0.4 is 5.32 Å². The van der Waals surface area contributed by atoms with Gasteiger partial charge in [-0.1, -0.05) is 18.6 Å². The van der Waals surface area contributed by atoms with Crippen molar-refractivity contribution in [3.8, 4) is 0 Å². The highest BCUT2D eigenvalue weighted by atomic mass is 32.2. The third-order valence-corrected chi connectivity index (χ3v) is 6.23. The molecule has 128 valence electrons. The van der Waals surface area contributed by atoms with Crippen molar-refractivity contribution in [1.82, 2.24) is 9.29 Å². The van der Waals surface area contributed by atoms with Gasteiger partial charge in [-0.25, -0.2) is 13.4 Å². The summed E-state index contributed by atoms with van der Waals surface area (Å²) in [6.07, 6.45) is 4.40. The fraction of sp³-hybridized carbons (Fsp3) is 0.389. The van der Waals surface area contributed by atoms with Gasteiger partial charge < -0.3 is 5.32 Å². The lowest BCUT2D eigenvalue weighted by Gasteiger charge is -2.25. The van der Waals surface area contributed by atoms with Crippen molar-refractivity contribution in [2.75, 3.05) is 18.4 Å². The number of aryl methyl sites for hydroxylation is 2. The molecule has 0 amide bonds. The molecule has 0 aliphatic carbocycles. The van der Waals surface area contributed by atoms with Gasteiger partial charge >= 0.3 is 0 Å². The number of rotatable bonds is 4. The van der Waals surface area contributed by atoms with Gasteiger partial charge in [0.25, 0.3) is 0 Å². The van der Waals surface area contributed by atoms with Gasteiger partial charge in [-0.15, -0.1) is 0 Å². The molecular weight excluding hydrogens is 322 g/mol. The lowest BCUT2D eigenvalue weighted by Crippen LogP contribution is -2.35. The molecule has 1 aromatic heterocycles. The summed E-state index contributed by atoms with van der Waals surface area (Å²) in [6, 6.07) is 9.51. The van der Waals surface area contributed by atoms with Crippen molar-refractivity contribution in [3.63, 3.8) is 0 Å². The summed E-state index contributed by atoms with van der Waals surface area (Å²) in [7, 11) is -3.42. The molecule has 0 unspecified atom stereocenters. The van der Waals surface area contributed by atoms with Crippen molar-refractivity contribution in [2.24, 2.45) is 0 Å². The fourth-order valence-electron chi connectivity index (χ4n) is 2.87. The minimum Gasteiger partial charge on any atom is -0.340 e. The Bertz CT molecular complexity index is 811. The smallest absolute Gasteiger partial charge is 0.244 e. The first kappa shape index (κ1) is 16.9. The van der Waals surface area contributed by atoms with Crippen molar-refractivity contribution in [2.45, 2.75) is 38.0 Å². The minimum atomic E-state index is -3.42. The summed E-state index contributed by atoms with van der Waals surface area (Å²) in [5, 5.41) is 3.25. The number of nitrogens with one attached hydrogen (secondary N) is 1. The standard InChI is InChI=1S/C18H23N3O2S/c1-14-6-7-15(2)17(12-14)20-18-9-8-16(13-19-18)24(22,23)21-10-4-3-5-11-21/h6-9,12-13H,3-5,10-11H2,1-2H3,(H,19,20). The molecule has 1 aliphatic heterocycles. The zero-order valence-electron chi connectivity index (χ0n) is 14.1. The van der Waals surface area contributed by atoms with Gasteiger partial charge in [-0.2, -0.15) is 4.31 Å². The van der Waals surface area contributed by atoms with Gasteiger partial charge in [0, 0.05) is 25.0 Å². The average molecular weight is 345 g/mol. The van der Waals surface area contributed by atoms with Crippen LogP contribution in [0.15, 0.2) is 41.4 Å². The maximum Gasteiger partial charge on any atom is 0.244 e. The van der Waals surface area contributed by atoms with Gasteiger partial charge in [-0.05, 0) is 56.0 Å². The molecule has 24 heavy (non-hydrogen) atoms. The first-order valence-electron chi connectivity index (χ1n) is 8.27. The Morgan fingerprint density at radius 1 is 1.04 bits per heavy atom. The third kappa shape index (κ3) is 3.60. The number of nitrogens with zero attached hydrogens (tertiary/aromatic N) is 2. The van der Waals surface area contributed by atoms with E-state index in [2.05, 4.69) is 22.4 Å². The second-order valence-electron chi connectivity index (χ2n) is 6.29. The molecule has 6 heteroatoms. The molecule has 1 aromatic carbocycles. The van der Waals surface area contributed by atoms with Crippen LogP contribution in [-0.2, 0) is 10.0 Å². The van der Waals surface area contributed by atoms with Crippen LogP contribution in [0.1, 0.15) is 30.4 Å². The van der Waals surface area contributed by atoms with E-state index >= 15 is 0 Å². The summed E-state index contributed by atoms with van der Waals surface area (Å²) in [6.45, 7) is 5.26. The number of aromatic nitrogens is 1. The van der Waals surface area contributed by atoms with Crippen molar-refractivity contribution < 1.29 is 8.42 Å². The Morgan fingerprint density at radius 3 is 2.46 bits per heavy atom. The summed E-state index contributed by atoms with van der Waals surface area (Å²) in [5.74, 6) is 0.640. The summed E-state index contributed by atoms with van der Waals surface area (Å²) in [4.78, 5) is 4.55. The quantitative estimate of drug-likeness (QED) is 0.919. The van der Waals surface area contributed by atoms with Crippen LogP contribution in [0.5, 0.6) is 0 Å². The zero-order chi connectivity index (χ0) is 17.2. The molecule has 0 saturated carbocycles. The van der Waals surface area contributed by atoms with Gasteiger partial charge in [-0.3, -0.25) is 0 Å². The molecule has 2 aromatic rings. The van der Waals surface area contributed by atoms with Crippen molar-refractivity contribution in [3.05, 3.63) is 47.7 Å². The molecule has 1 aliphatic rings. The molecule has 0 atom stereocenters. The lowest BCUT2D eigenvalue weighted by molar-refractivity contribution is 0.346. The Balaban J connectivity index is 1.79. The Kier molecular flexibility index (Phi) is 4.87.